The summed E-state index contributed by atoms with van der Waals surface area (Å²) in [5.74, 6) is 2.18. The normalized spacial score (nSPS) is 30.4. The van der Waals surface area contributed by atoms with Crippen LogP contribution < -0.4 is 0 Å². The van der Waals surface area contributed by atoms with E-state index in [1.165, 1.54) is 25.7 Å². The van der Waals surface area contributed by atoms with Gasteiger partial charge in [0.1, 0.15) is 10.8 Å². The third-order valence-corrected chi connectivity index (χ3v) is 4.81. The minimum atomic E-state index is -0.310. The van der Waals surface area contributed by atoms with E-state index in [0.29, 0.717) is 17.7 Å². The first-order valence-electron chi connectivity index (χ1n) is 7.82. The van der Waals surface area contributed by atoms with Crippen molar-refractivity contribution < 1.29 is 4.74 Å². The second-order valence-electron chi connectivity index (χ2n) is 6.32. The maximum absolute atomic E-state index is 6.23. The summed E-state index contributed by atoms with van der Waals surface area (Å²) in [6.07, 6.45) is 6.82. The highest BCUT2D eigenvalue weighted by molar-refractivity contribution is 6.29. The first-order chi connectivity index (χ1) is 9.63. The highest BCUT2D eigenvalue weighted by Gasteiger charge is 2.40. The molecule has 20 heavy (non-hydrogen) atoms. The minimum Gasteiger partial charge on any atom is -0.367 e. The van der Waals surface area contributed by atoms with E-state index in [4.69, 9.17) is 21.3 Å². The zero-order valence-corrected chi connectivity index (χ0v) is 13.1. The predicted molar refractivity (Wildman–Crippen MR) is 80.0 cm³/mol. The van der Waals surface area contributed by atoms with Crippen LogP contribution in [0.4, 0.5) is 0 Å². The van der Waals surface area contributed by atoms with Gasteiger partial charge in [-0.25, -0.2) is 9.97 Å². The summed E-state index contributed by atoms with van der Waals surface area (Å²) in [5.41, 5.74) is 0.799. The number of hydrogen-bond donors (Lipinski definition) is 0. The van der Waals surface area contributed by atoms with E-state index < -0.39 is 0 Å². The molecular formula is C16H23ClN2O. The monoisotopic (exact) mass is 294 g/mol. The number of hydrogen-bond acceptors (Lipinski definition) is 3. The van der Waals surface area contributed by atoms with Crippen molar-refractivity contribution in [1.82, 2.24) is 9.97 Å². The van der Waals surface area contributed by atoms with Gasteiger partial charge in [0.15, 0.2) is 5.82 Å². The van der Waals surface area contributed by atoms with Crippen molar-refractivity contribution in [3.8, 4) is 0 Å². The molecule has 2 fully saturated rings. The van der Waals surface area contributed by atoms with Crippen LogP contribution in [0.25, 0.3) is 0 Å². The molecule has 0 aliphatic heterocycles. The van der Waals surface area contributed by atoms with Gasteiger partial charge in [-0.2, -0.15) is 0 Å². The van der Waals surface area contributed by atoms with Crippen LogP contribution in [0.15, 0.2) is 6.07 Å². The van der Waals surface area contributed by atoms with E-state index in [9.17, 15) is 0 Å². The van der Waals surface area contributed by atoms with Crippen LogP contribution in [0, 0.1) is 5.92 Å². The third-order valence-electron chi connectivity index (χ3n) is 4.62. The lowest BCUT2D eigenvalue weighted by Crippen LogP contribution is -2.36. The second-order valence-corrected chi connectivity index (χ2v) is 6.71. The van der Waals surface area contributed by atoms with Crippen molar-refractivity contribution in [3.05, 3.63) is 22.7 Å². The average Bonchev–Trinajstić information content (AvgIpc) is 3.26. The van der Waals surface area contributed by atoms with E-state index in [-0.39, 0.29) is 5.60 Å². The van der Waals surface area contributed by atoms with Gasteiger partial charge in [-0.1, -0.05) is 18.5 Å². The minimum absolute atomic E-state index is 0.310. The van der Waals surface area contributed by atoms with Crippen LogP contribution in [0.3, 0.4) is 0 Å². The number of nitrogens with zero attached hydrogens (tertiary/aromatic N) is 2. The Balaban J connectivity index is 1.94. The van der Waals surface area contributed by atoms with Gasteiger partial charge >= 0.3 is 0 Å². The summed E-state index contributed by atoms with van der Waals surface area (Å²) >= 11 is 6.23. The van der Waals surface area contributed by atoms with Crippen molar-refractivity contribution in [3.63, 3.8) is 0 Å². The molecule has 2 saturated carbocycles. The summed E-state index contributed by atoms with van der Waals surface area (Å²) in [5, 5.41) is 0.564. The molecule has 0 bridgehead atoms. The summed E-state index contributed by atoms with van der Waals surface area (Å²) in [4.78, 5) is 9.33. The van der Waals surface area contributed by atoms with Gasteiger partial charge in [0.25, 0.3) is 0 Å². The van der Waals surface area contributed by atoms with Gasteiger partial charge in [-0.15, -0.1) is 0 Å². The molecule has 2 aliphatic carbocycles. The number of rotatable bonds is 4. The Morgan fingerprint density at radius 3 is 2.55 bits per heavy atom. The lowest BCUT2D eigenvalue weighted by atomic mass is 9.78. The van der Waals surface area contributed by atoms with Gasteiger partial charge in [0.2, 0.25) is 0 Å². The Hall–Kier alpha value is -0.670. The quantitative estimate of drug-likeness (QED) is 0.770. The van der Waals surface area contributed by atoms with Gasteiger partial charge in [-0.3, -0.25) is 0 Å². The fraction of sp³-hybridized carbons (Fsp3) is 0.750. The SMILES string of the molecule is CCOC1(c2nc(Cl)cc(C3CC3)n2)CCC(C)CC1. The number of aromatic nitrogens is 2. The fourth-order valence-electron chi connectivity index (χ4n) is 3.16. The Kier molecular flexibility index (Phi) is 4.00. The lowest BCUT2D eigenvalue weighted by Gasteiger charge is -2.38. The Bertz CT molecular complexity index is 479. The van der Waals surface area contributed by atoms with Crippen molar-refractivity contribution in [1.29, 1.82) is 0 Å². The van der Waals surface area contributed by atoms with Crippen molar-refractivity contribution in [2.45, 2.75) is 63.9 Å². The molecule has 1 heterocycles. The molecule has 0 saturated heterocycles. The molecule has 0 aromatic carbocycles. The molecule has 4 heteroatoms. The molecule has 0 unspecified atom stereocenters. The molecule has 1 aromatic heterocycles. The lowest BCUT2D eigenvalue weighted by molar-refractivity contribution is -0.0838. The van der Waals surface area contributed by atoms with Crippen LogP contribution in [0.1, 0.15) is 69.8 Å². The highest BCUT2D eigenvalue weighted by Crippen LogP contribution is 2.44. The van der Waals surface area contributed by atoms with Crippen molar-refractivity contribution in [2.24, 2.45) is 5.92 Å². The first kappa shape index (κ1) is 14.3. The van der Waals surface area contributed by atoms with Gasteiger partial charge in [0, 0.05) is 18.2 Å². The molecular weight excluding hydrogens is 272 g/mol. The molecule has 0 radical (unpaired) electrons. The van der Waals surface area contributed by atoms with E-state index in [0.717, 1.165) is 30.3 Å². The van der Waals surface area contributed by atoms with Gasteiger partial charge in [-0.05, 0) is 57.4 Å². The zero-order chi connectivity index (χ0) is 14.2. The standard InChI is InChI=1S/C16H23ClN2O/c1-3-20-16(8-6-11(2)7-9-16)15-18-13(12-4-5-12)10-14(17)19-15/h10-12H,3-9H2,1-2H3. The van der Waals surface area contributed by atoms with Crippen LogP contribution in [0.5, 0.6) is 0 Å². The fourth-order valence-corrected chi connectivity index (χ4v) is 3.36. The maximum atomic E-state index is 6.23. The van der Waals surface area contributed by atoms with Gasteiger partial charge < -0.3 is 4.74 Å². The molecule has 2 aliphatic rings. The van der Waals surface area contributed by atoms with E-state index >= 15 is 0 Å². The topological polar surface area (TPSA) is 35.0 Å². The molecule has 0 amide bonds. The Labute approximate surface area is 126 Å². The third kappa shape index (κ3) is 2.84. The molecule has 0 spiro atoms. The van der Waals surface area contributed by atoms with Crippen LogP contribution in [0.2, 0.25) is 5.15 Å². The van der Waals surface area contributed by atoms with E-state index in [1.54, 1.807) is 0 Å². The predicted octanol–water partition coefficient (Wildman–Crippen LogP) is 4.45. The van der Waals surface area contributed by atoms with Crippen LogP contribution in [-0.4, -0.2) is 16.6 Å². The average molecular weight is 295 g/mol. The van der Waals surface area contributed by atoms with E-state index in [1.807, 2.05) is 13.0 Å². The molecule has 3 nitrogen and oxygen atoms in total. The Morgan fingerprint density at radius 1 is 1.25 bits per heavy atom. The molecule has 3 rings (SSSR count). The van der Waals surface area contributed by atoms with Crippen molar-refractivity contribution in [2.75, 3.05) is 6.61 Å². The number of halogens is 1. The molecule has 110 valence electrons. The van der Waals surface area contributed by atoms with E-state index in [2.05, 4.69) is 11.9 Å². The smallest absolute Gasteiger partial charge is 0.162 e. The summed E-state index contributed by atoms with van der Waals surface area (Å²) in [7, 11) is 0. The first-order valence-corrected chi connectivity index (χ1v) is 8.19. The molecule has 1 aromatic rings. The van der Waals surface area contributed by atoms with Crippen molar-refractivity contribution >= 4 is 11.6 Å². The molecule has 0 atom stereocenters. The van der Waals surface area contributed by atoms with Gasteiger partial charge in [0.05, 0.1) is 0 Å². The van der Waals surface area contributed by atoms with Crippen LogP contribution in [-0.2, 0) is 10.3 Å². The summed E-state index contributed by atoms with van der Waals surface area (Å²) < 4.78 is 6.13. The number of ether oxygens (including phenoxy) is 1. The largest absolute Gasteiger partial charge is 0.367 e. The second kappa shape index (κ2) is 5.61. The zero-order valence-electron chi connectivity index (χ0n) is 12.4. The van der Waals surface area contributed by atoms with Crippen LogP contribution >= 0.6 is 11.6 Å². The highest BCUT2D eigenvalue weighted by atomic mass is 35.5. The molecule has 0 N–H and O–H groups in total. The Morgan fingerprint density at radius 2 is 1.95 bits per heavy atom. The summed E-state index contributed by atoms with van der Waals surface area (Å²) in [6.45, 7) is 5.06. The maximum Gasteiger partial charge on any atom is 0.162 e. The summed E-state index contributed by atoms with van der Waals surface area (Å²) in [6, 6.07) is 1.92.